The van der Waals surface area contributed by atoms with Crippen molar-refractivity contribution in [3.8, 4) is 11.1 Å². The highest BCUT2D eigenvalue weighted by Gasteiger charge is 2.45. The van der Waals surface area contributed by atoms with Gasteiger partial charge in [0.25, 0.3) is 5.91 Å². The summed E-state index contributed by atoms with van der Waals surface area (Å²) >= 11 is 0. The Labute approximate surface area is 232 Å². The van der Waals surface area contributed by atoms with Crippen molar-refractivity contribution in [3.63, 3.8) is 0 Å². The number of nitrogens with zero attached hydrogens (tertiary/aromatic N) is 2. The van der Waals surface area contributed by atoms with Crippen LogP contribution in [0, 0.1) is 0 Å². The molecule has 1 unspecified atom stereocenters. The van der Waals surface area contributed by atoms with Crippen LogP contribution in [0.15, 0.2) is 91.1 Å². The zero-order valence-electron chi connectivity index (χ0n) is 22.0. The number of amides is 2. The largest absolute Gasteiger partial charge is 0.465 e. The van der Waals surface area contributed by atoms with Crippen LogP contribution in [0.25, 0.3) is 11.1 Å². The summed E-state index contributed by atoms with van der Waals surface area (Å²) in [7, 11) is 0. The molecule has 3 aromatic carbocycles. The normalized spacial score (nSPS) is 17.3. The van der Waals surface area contributed by atoms with Gasteiger partial charge in [-0.25, -0.2) is 9.78 Å². The molecule has 2 heterocycles. The first-order chi connectivity index (χ1) is 19.4. The van der Waals surface area contributed by atoms with Crippen LogP contribution in [0.1, 0.15) is 46.8 Å². The van der Waals surface area contributed by atoms with Crippen LogP contribution in [0.4, 0.5) is 22.0 Å². The number of pyridine rings is 1. The average Bonchev–Trinajstić information content (AvgIpc) is 3.27. The fourth-order valence-corrected chi connectivity index (χ4v) is 6.19. The molecule has 5 N–H and O–H groups in total. The molecular weight excluding hydrogens is 502 g/mol. The van der Waals surface area contributed by atoms with Gasteiger partial charge in [0.1, 0.15) is 5.82 Å². The minimum absolute atomic E-state index is 0.0474. The van der Waals surface area contributed by atoms with E-state index in [-0.39, 0.29) is 17.4 Å². The first kappa shape index (κ1) is 25.4. The number of aromatic nitrogens is 1. The number of carbonyl (C=O) groups is 2. The molecule has 1 spiro atoms. The highest BCUT2D eigenvalue weighted by Crippen LogP contribution is 2.51. The van der Waals surface area contributed by atoms with Crippen molar-refractivity contribution in [2.75, 3.05) is 29.0 Å². The minimum Gasteiger partial charge on any atom is -0.465 e. The number of hydrogen-bond acceptors (Lipinski definition) is 5. The Bertz CT molecular complexity index is 1550. The van der Waals surface area contributed by atoms with E-state index in [0.717, 1.165) is 54.9 Å². The lowest BCUT2D eigenvalue weighted by molar-refractivity contribution is 0.102. The van der Waals surface area contributed by atoms with Gasteiger partial charge in [0.15, 0.2) is 0 Å². The van der Waals surface area contributed by atoms with Gasteiger partial charge >= 0.3 is 6.09 Å². The first-order valence-corrected chi connectivity index (χ1v) is 13.5. The maximum Gasteiger partial charge on any atom is 0.405 e. The van der Waals surface area contributed by atoms with Crippen molar-refractivity contribution in [2.24, 2.45) is 0 Å². The number of carbonyl (C=O) groups excluding carboxylic acids is 1. The highest BCUT2D eigenvalue weighted by molar-refractivity contribution is 6.06. The summed E-state index contributed by atoms with van der Waals surface area (Å²) in [6.07, 6.45) is 3.19. The fourth-order valence-electron chi connectivity index (χ4n) is 6.19. The van der Waals surface area contributed by atoms with Crippen LogP contribution in [0.3, 0.4) is 0 Å². The minimum atomic E-state index is -0.991. The highest BCUT2D eigenvalue weighted by atomic mass is 16.4. The SMILES string of the molecule is Nc1ccc(-c2ccccc2)cc1NC(=O)c1ccc(N2CCC3(CC2)CC(NC(=O)O)c2ccccc23)nc1. The molecule has 1 saturated heterocycles. The molecule has 2 amide bonds. The topological polar surface area (TPSA) is 121 Å². The van der Waals surface area contributed by atoms with E-state index in [1.807, 2.05) is 66.7 Å². The lowest BCUT2D eigenvalue weighted by Crippen LogP contribution is -2.42. The van der Waals surface area contributed by atoms with Crippen LogP contribution in [-0.4, -0.2) is 35.2 Å². The number of nitrogen functional groups attached to an aromatic ring is 1. The summed E-state index contributed by atoms with van der Waals surface area (Å²) in [5.74, 6) is 0.552. The third kappa shape index (κ3) is 4.84. The van der Waals surface area contributed by atoms with E-state index in [4.69, 9.17) is 5.73 Å². The van der Waals surface area contributed by atoms with Gasteiger partial charge < -0.3 is 26.4 Å². The van der Waals surface area contributed by atoms with Gasteiger partial charge in [-0.2, -0.15) is 0 Å². The van der Waals surface area contributed by atoms with E-state index < -0.39 is 6.09 Å². The molecule has 8 nitrogen and oxygen atoms in total. The number of fused-ring (bicyclic) bond motifs is 2. The zero-order valence-corrected chi connectivity index (χ0v) is 22.0. The second kappa shape index (κ2) is 10.4. The summed E-state index contributed by atoms with van der Waals surface area (Å²) in [5.41, 5.74) is 12.0. The lowest BCUT2D eigenvalue weighted by Gasteiger charge is -2.41. The van der Waals surface area contributed by atoms with E-state index in [0.29, 0.717) is 16.9 Å². The predicted molar refractivity (Wildman–Crippen MR) is 157 cm³/mol. The second-order valence-corrected chi connectivity index (χ2v) is 10.6. The molecule has 0 bridgehead atoms. The molecule has 1 atom stereocenters. The third-order valence-corrected chi connectivity index (χ3v) is 8.26. The molecular formula is C32H31N5O3. The fraction of sp³-hybridized carbons (Fsp3) is 0.219. The second-order valence-electron chi connectivity index (χ2n) is 10.6. The zero-order chi connectivity index (χ0) is 27.7. The molecule has 0 radical (unpaired) electrons. The quantitative estimate of drug-likeness (QED) is 0.240. The number of benzene rings is 3. The van der Waals surface area contributed by atoms with Gasteiger partial charge in [-0.3, -0.25) is 4.79 Å². The van der Waals surface area contributed by atoms with Gasteiger partial charge in [0.2, 0.25) is 0 Å². The summed E-state index contributed by atoms with van der Waals surface area (Å²) in [6.45, 7) is 1.60. The van der Waals surface area contributed by atoms with Gasteiger partial charge in [-0.15, -0.1) is 0 Å². The summed E-state index contributed by atoms with van der Waals surface area (Å²) in [6, 6.07) is 27.2. The van der Waals surface area contributed by atoms with Crippen LogP contribution >= 0.6 is 0 Å². The van der Waals surface area contributed by atoms with Crippen LogP contribution in [0.5, 0.6) is 0 Å². The van der Waals surface area contributed by atoms with E-state index >= 15 is 0 Å². The van der Waals surface area contributed by atoms with Crippen molar-refractivity contribution >= 4 is 29.2 Å². The van der Waals surface area contributed by atoms with E-state index in [1.165, 1.54) is 5.56 Å². The number of hydrogen-bond donors (Lipinski definition) is 4. The van der Waals surface area contributed by atoms with Gasteiger partial charge in [-0.1, -0.05) is 60.7 Å². The Morgan fingerprint density at radius 3 is 2.40 bits per heavy atom. The molecule has 202 valence electrons. The molecule has 8 heteroatoms. The maximum atomic E-state index is 13.0. The molecule has 1 aliphatic carbocycles. The number of nitrogens with two attached hydrogens (primary N) is 1. The standard InChI is InChI=1S/C32H31N5O3/c33-26-12-10-22(21-6-2-1-3-7-21)18-27(26)35-30(38)23-11-13-29(34-20-23)37-16-14-32(15-17-37)19-28(36-31(39)40)24-8-4-5-9-25(24)32/h1-13,18,20,28,36H,14-17,19,33H2,(H,35,38)(H,39,40). The number of rotatable bonds is 5. The monoisotopic (exact) mass is 533 g/mol. The van der Waals surface area contributed by atoms with Gasteiger partial charge in [0, 0.05) is 24.7 Å². The lowest BCUT2D eigenvalue weighted by atomic mass is 9.73. The maximum absolute atomic E-state index is 13.0. The van der Waals surface area contributed by atoms with Crippen molar-refractivity contribution in [1.82, 2.24) is 10.3 Å². The predicted octanol–water partition coefficient (Wildman–Crippen LogP) is 5.83. The summed E-state index contributed by atoms with van der Waals surface area (Å²) in [4.78, 5) is 31.2. The van der Waals surface area contributed by atoms with Gasteiger partial charge in [-0.05, 0) is 65.8 Å². The number of carboxylic acid groups (broad SMARTS) is 1. The molecule has 6 rings (SSSR count). The Morgan fingerprint density at radius 2 is 1.68 bits per heavy atom. The molecule has 4 aromatic rings. The summed E-state index contributed by atoms with van der Waals surface area (Å²) < 4.78 is 0. The molecule has 2 aliphatic rings. The van der Waals surface area contributed by atoms with E-state index in [1.54, 1.807) is 18.3 Å². The number of nitrogens with one attached hydrogen (secondary N) is 2. The number of anilines is 3. The van der Waals surface area contributed by atoms with Crippen molar-refractivity contribution < 1.29 is 14.7 Å². The van der Waals surface area contributed by atoms with Crippen LogP contribution in [0.2, 0.25) is 0 Å². The van der Waals surface area contributed by atoms with Crippen molar-refractivity contribution in [3.05, 3.63) is 108 Å². The van der Waals surface area contributed by atoms with E-state index in [2.05, 4.69) is 26.6 Å². The number of piperidine rings is 1. The Balaban J connectivity index is 1.12. The molecule has 1 aromatic heterocycles. The molecule has 1 aliphatic heterocycles. The van der Waals surface area contributed by atoms with Crippen LogP contribution in [-0.2, 0) is 5.41 Å². The van der Waals surface area contributed by atoms with Crippen molar-refractivity contribution in [2.45, 2.75) is 30.7 Å². The smallest absolute Gasteiger partial charge is 0.405 e. The first-order valence-electron chi connectivity index (χ1n) is 13.5. The average molecular weight is 534 g/mol. The Morgan fingerprint density at radius 1 is 0.925 bits per heavy atom. The summed E-state index contributed by atoms with van der Waals surface area (Å²) in [5, 5.41) is 15.0. The molecule has 1 fully saturated rings. The molecule has 40 heavy (non-hydrogen) atoms. The third-order valence-electron chi connectivity index (χ3n) is 8.26. The van der Waals surface area contributed by atoms with Crippen LogP contribution < -0.4 is 21.3 Å². The Hall–Kier alpha value is -4.85. The van der Waals surface area contributed by atoms with Gasteiger partial charge in [0.05, 0.1) is 23.0 Å². The Kier molecular flexibility index (Phi) is 6.59. The van der Waals surface area contributed by atoms with E-state index in [9.17, 15) is 14.7 Å². The molecule has 0 saturated carbocycles. The van der Waals surface area contributed by atoms with Crippen molar-refractivity contribution in [1.29, 1.82) is 0 Å².